The second-order valence-electron chi connectivity index (χ2n) is 2.51. The van der Waals surface area contributed by atoms with Gasteiger partial charge < -0.3 is 4.74 Å². The van der Waals surface area contributed by atoms with Crippen LogP contribution in [0.5, 0.6) is 0 Å². The van der Waals surface area contributed by atoms with Gasteiger partial charge in [-0.3, -0.25) is 5.01 Å². The molecule has 0 aliphatic rings. The summed E-state index contributed by atoms with van der Waals surface area (Å²) in [7, 11) is 3.01. The molecule has 0 amide bonds. The van der Waals surface area contributed by atoms with Crippen molar-refractivity contribution in [3.8, 4) is 0 Å². The number of thiazole rings is 1. The van der Waals surface area contributed by atoms with Crippen molar-refractivity contribution < 1.29 is 9.53 Å². The second kappa shape index (κ2) is 3.71. The van der Waals surface area contributed by atoms with Gasteiger partial charge >= 0.3 is 5.97 Å². The lowest BCUT2D eigenvalue weighted by Gasteiger charge is -2.04. The van der Waals surface area contributed by atoms with Gasteiger partial charge in [0, 0.05) is 7.05 Å². The predicted molar refractivity (Wildman–Crippen MR) is 50.8 cm³/mol. The van der Waals surface area contributed by atoms with Gasteiger partial charge in [-0.05, 0) is 6.92 Å². The number of hydrogen-bond acceptors (Lipinski definition) is 6. The Bertz CT molecular complexity index is 322. The third-order valence-corrected chi connectivity index (χ3v) is 2.69. The summed E-state index contributed by atoms with van der Waals surface area (Å²) < 4.78 is 4.58. The van der Waals surface area contributed by atoms with Crippen LogP contribution in [0.3, 0.4) is 0 Å². The number of hydrazine groups is 1. The molecule has 1 heterocycles. The second-order valence-corrected chi connectivity index (χ2v) is 3.49. The Kier molecular flexibility index (Phi) is 2.84. The van der Waals surface area contributed by atoms with Crippen LogP contribution in [-0.2, 0) is 4.74 Å². The average molecular weight is 201 g/mol. The third kappa shape index (κ3) is 1.96. The van der Waals surface area contributed by atoms with Crippen LogP contribution in [0, 0.1) is 6.92 Å². The molecule has 0 aliphatic carbocycles. The van der Waals surface area contributed by atoms with Crippen molar-refractivity contribution in [3.05, 3.63) is 10.6 Å². The molecule has 1 rings (SSSR count). The number of carbonyl (C=O) groups excluding carboxylic acids is 1. The maximum atomic E-state index is 11.2. The highest BCUT2D eigenvalue weighted by molar-refractivity contribution is 7.17. The molecule has 0 saturated carbocycles. The van der Waals surface area contributed by atoms with E-state index in [-0.39, 0.29) is 5.97 Å². The van der Waals surface area contributed by atoms with Crippen LogP contribution in [-0.4, -0.2) is 25.1 Å². The molecular formula is C7H11N3O2S. The highest BCUT2D eigenvalue weighted by atomic mass is 32.1. The zero-order valence-corrected chi connectivity index (χ0v) is 8.51. The van der Waals surface area contributed by atoms with Crippen molar-refractivity contribution in [2.45, 2.75) is 6.92 Å². The molecule has 5 nitrogen and oxygen atoms in total. The summed E-state index contributed by atoms with van der Waals surface area (Å²) in [4.78, 5) is 15.8. The van der Waals surface area contributed by atoms with Gasteiger partial charge in [-0.15, -0.1) is 0 Å². The molecule has 0 unspecified atom stereocenters. The third-order valence-electron chi connectivity index (χ3n) is 1.46. The Hall–Kier alpha value is -1.14. The topological polar surface area (TPSA) is 68.5 Å². The number of carbonyl (C=O) groups is 1. The Morgan fingerprint density at radius 1 is 1.69 bits per heavy atom. The van der Waals surface area contributed by atoms with Gasteiger partial charge in [0.1, 0.15) is 4.88 Å². The molecule has 2 N–H and O–H groups in total. The molecule has 72 valence electrons. The maximum Gasteiger partial charge on any atom is 0.350 e. The van der Waals surface area contributed by atoms with E-state index in [0.717, 1.165) is 0 Å². The number of hydrogen-bond donors (Lipinski definition) is 1. The summed E-state index contributed by atoms with van der Waals surface area (Å²) in [5.41, 5.74) is 0.643. The zero-order chi connectivity index (χ0) is 10.0. The summed E-state index contributed by atoms with van der Waals surface area (Å²) in [5.74, 6) is 5.09. The average Bonchev–Trinajstić information content (AvgIpc) is 2.46. The van der Waals surface area contributed by atoms with E-state index in [0.29, 0.717) is 15.7 Å². The first-order valence-electron chi connectivity index (χ1n) is 3.60. The van der Waals surface area contributed by atoms with E-state index in [9.17, 15) is 4.79 Å². The van der Waals surface area contributed by atoms with Gasteiger partial charge in [0.15, 0.2) is 5.13 Å². The fourth-order valence-electron chi connectivity index (χ4n) is 0.815. The Balaban J connectivity index is 3.03. The van der Waals surface area contributed by atoms with Gasteiger partial charge in [0.25, 0.3) is 0 Å². The van der Waals surface area contributed by atoms with E-state index in [1.807, 2.05) is 0 Å². The summed E-state index contributed by atoms with van der Waals surface area (Å²) in [5, 5.41) is 1.96. The van der Waals surface area contributed by atoms with Crippen LogP contribution < -0.4 is 10.9 Å². The van der Waals surface area contributed by atoms with Gasteiger partial charge in [0.2, 0.25) is 0 Å². The molecule has 1 aromatic heterocycles. The molecule has 13 heavy (non-hydrogen) atoms. The minimum Gasteiger partial charge on any atom is -0.465 e. The molecule has 0 aliphatic heterocycles. The summed E-state index contributed by atoms with van der Waals surface area (Å²) in [6.45, 7) is 1.75. The van der Waals surface area contributed by atoms with Crippen LogP contribution in [0.2, 0.25) is 0 Å². The number of aryl methyl sites for hydroxylation is 1. The van der Waals surface area contributed by atoms with Crippen molar-refractivity contribution in [3.63, 3.8) is 0 Å². The molecule has 0 spiro atoms. The molecule has 1 aromatic rings. The largest absolute Gasteiger partial charge is 0.465 e. The van der Waals surface area contributed by atoms with E-state index in [1.54, 1.807) is 14.0 Å². The van der Waals surface area contributed by atoms with E-state index in [4.69, 9.17) is 5.84 Å². The first kappa shape index (κ1) is 9.94. The number of aromatic nitrogens is 1. The molecule has 0 aromatic carbocycles. The first-order valence-corrected chi connectivity index (χ1v) is 4.42. The fourth-order valence-corrected chi connectivity index (χ4v) is 1.68. The number of anilines is 1. The minimum atomic E-state index is -0.372. The Morgan fingerprint density at radius 2 is 2.31 bits per heavy atom. The smallest absolute Gasteiger partial charge is 0.350 e. The SMILES string of the molecule is COC(=O)c1sc(N(C)N)nc1C. The molecular weight excluding hydrogens is 190 g/mol. The van der Waals surface area contributed by atoms with Crippen LogP contribution in [0.25, 0.3) is 0 Å². The van der Waals surface area contributed by atoms with Gasteiger partial charge in [0.05, 0.1) is 12.8 Å². The van der Waals surface area contributed by atoms with Crippen molar-refractivity contribution in [1.82, 2.24) is 4.98 Å². The molecule has 0 atom stereocenters. The van der Waals surface area contributed by atoms with Crippen molar-refractivity contribution in [2.75, 3.05) is 19.2 Å². The van der Waals surface area contributed by atoms with E-state index >= 15 is 0 Å². The normalized spacial score (nSPS) is 9.85. The summed E-state index contributed by atoms with van der Waals surface area (Å²) >= 11 is 1.22. The van der Waals surface area contributed by atoms with Crippen LogP contribution in [0.15, 0.2) is 0 Å². The fraction of sp³-hybridized carbons (Fsp3) is 0.429. The minimum absolute atomic E-state index is 0.372. The van der Waals surface area contributed by atoms with Crippen molar-refractivity contribution in [2.24, 2.45) is 5.84 Å². The summed E-state index contributed by atoms with van der Waals surface area (Å²) in [6, 6.07) is 0. The Morgan fingerprint density at radius 3 is 2.69 bits per heavy atom. The molecule has 0 bridgehead atoms. The highest BCUT2D eigenvalue weighted by Gasteiger charge is 2.16. The van der Waals surface area contributed by atoms with Crippen molar-refractivity contribution >= 4 is 22.4 Å². The van der Waals surface area contributed by atoms with Gasteiger partial charge in [-0.2, -0.15) is 0 Å². The predicted octanol–water partition coefficient (Wildman–Crippen LogP) is 0.548. The highest BCUT2D eigenvalue weighted by Crippen LogP contribution is 2.24. The lowest BCUT2D eigenvalue weighted by Crippen LogP contribution is -2.24. The molecule has 0 saturated heterocycles. The monoisotopic (exact) mass is 201 g/mol. The first-order chi connectivity index (χ1) is 6.06. The zero-order valence-electron chi connectivity index (χ0n) is 7.70. The number of nitrogens with zero attached hydrogens (tertiary/aromatic N) is 2. The number of rotatable bonds is 2. The number of nitrogens with two attached hydrogens (primary N) is 1. The number of esters is 1. The van der Waals surface area contributed by atoms with Crippen LogP contribution in [0.1, 0.15) is 15.4 Å². The number of methoxy groups -OCH3 is 1. The van der Waals surface area contributed by atoms with Crippen molar-refractivity contribution in [1.29, 1.82) is 0 Å². The quantitative estimate of drug-likeness (QED) is 0.430. The molecule has 0 radical (unpaired) electrons. The molecule has 0 fully saturated rings. The van der Waals surface area contributed by atoms with E-state index in [2.05, 4.69) is 9.72 Å². The lowest BCUT2D eigenvalue weighted by atomic mass is 10.4. The van der Waals surface area contributed by atoms with Crippen LogP contribution in [0.4, 0.5) is 5.13 Å². The standard InChI is InChI=1S/C7H11N3O2S/c1-4-5(6(11)12-3)13-7(9-4)10(2)8/h8H2,1-3H3. The summed E-state index contributed by atoms with van der Waals surface area (Å²) in [6.07, 6.45) is 0. The molecule has 6 heteroatoms. The lowest BCUT2D eigenvalue weighted by molar-refractivity contribution is 0.0605. The van der Waals surface area contributed by atoms with E-state index < -0.39 is 0 Å². The number of ether oxygens (including phenoxy) is 1. The van der Waals surface area contributed by atoms with E-state index in [1.165, 1.54) is 23.5 Å². The van der Waals surface area contributed by atoms with Gasteiger partial charge in [-0.1, -0.05) is 11.3 Å². The van der Waals surface area contributed by atoms with Crippen LogP contribution >= 0.6 is 11.3 Å². The Labute approximate surface area is 80.1 Å². The maximum absolute atomic E-state index is 11.2. The van der Waals surface area contributed by atoms with Gasteiger partial charge in [-0.25, -0.2) is 15.6 Å².